The summed E-state index contributed by atoms with van der Waals surface area (Å²) in [5.41, 5.74) is 0. The SMILES string of the molecule is CC/C=C\C/C=C\C/C=C\C/C=C\C/C=C\C/C=C\C/C=C\C/C=C\C/C=C\C/C=C\CCCCC(=O)OC(CO)COC(=O)CCCCCCC/C=C\C/C=C\C/C=C\C/C=C\C/C=C\C/C=C\C/C=C\C/C=C\C/C=C\CC. The van der Waals surface area contributed by atoms with Crippen LogP contribution in [0.5, 0.6) is 0 Å². The van der Waals surface area contributed by atoms with Gasteiger partial charge in [0.2, 0.25) is 0 Å². The van der Waals surface area contributed by atoms with Gasteiger partial charge in [0.1, 0.15) is 6.61 Å². The Morgan fingerprint density at radius 3 is 0.775 bits per heavy atom. The van der Waals surface area contributed by atoms with Crippen LogP contribution in [0.25, 0.3) is 0 Å². The molecule has 0 aromatic rings. The van der Waals surface area contributed by atoms with Gasteiger partial charge in [-0.25, -0.2) is 0 Å². The van der Waals surface area contributed by atoms with Crippen LogP contribution in [0.4, 0.5) is 0 Å². The minimum Gasteiger partial charge on any atom is -0.462 e. The second-order valence-corrected chi connectivity index (χ2v) is 19.3. The fourth-order valence-corrected chi connectivity index (χ4v) is 7.40. The molecule has 1 unspecified atom stereocenters. The van der Waals surface area contributed by atoms with Crippen LogP contribution in [-0.4, -0.2) is 36.4 Å². The van der Waals surface area contributed by atoms with E-state index in [1.807, 2.05) is 0 Å². The summed E-state index contributed by atoms with van der Waals surface area (Å²) >= 11 is 0. The highest BCUT2D eigenvalue weighted by Gasteiger charge is 2.16. The van der Waals surface area contributed by atoms with Gasteiger partial charge < -0.3 is 14.6 Å². The molecule has 0 spiro atoms. The predicted molar refractivity (Wildman–Crippen MR) is 351 cm³/mol. The Balaban J connectivity index is 3.74. The number of aliphatic hydroxyl groups excluding tert-OH is 1. The fourth-order valence-electron chi connectivity index (χ4n) is 7.40. The molecule has 1 N–H and O–H groups in total. The molecule has 0 aromatic carbocycles. The third-order valence-corrected chi connectivity index (χ3v) is 12.0. The predicted octanol–water partition coefficient (Wildman–Crippen LogP) is 21.7. The van der Waals surface area contributed by atoms with E-state index in [9.17, 15) is 14.7 Å². The Labute approximate surface area is 490 Å². The number of carbonyl (C=O) groups excluding carboxylic acids is 2. The molecule has 0 bridgehead atoms. The molecule has 5 nitrogen and oxygen atoms in total. The van der Waals surface area contributed by atoms with Crippen molar-refractivity contribution in [2.75, 3.05) is 13.2 Å². The maximum absolute atomic E-state index is 12.3. The van der Waals surface area contributed by atoms with Crippen LogP contribution < -0.4 is 0 Å². The van der Waals surface area contributed by atoms with E-state index in [-0.39, 0.29) is 31.6 Å². The molecule has 80 heavy (non-hydrogen) atoms. The Kier molecular flexibility index (Phi) is 62.2. The topological polar surface area (TPSA) is 72.8 Å². The van der Waals surface area contributed by atoms with E-state index in [0.29, 0.717) is 12.8 Å². The highest BCUT2D eigenvalue weighted by Crippen LogP contribution is 2.11. The van der Waals surface area contributed by atoms with Crippen LogP contribution in [-0.2, 0) is 19.1 Å². The van der Waals surface area contributed by atoms with Crippen molar-refractivity contribution in [3.05, 3.63) is 231 Å². The first kappa shape index (κ1) is 74.0. The minimum atomic E-state index is -0.826. The lowest BCUT2D eigenvalue weighted by molar-refractivity contribution is -0.161. The molecule has 0 saturated carbocycles. The lowest BCUT2D eigenvalue weighted by atomic mass is 10.1. The lowest BCUT2D eigenvalue weighted by Crippen LogP contribution is -2.28. The van der Waals surface area contributed by atoms with E-state index in [0.717, 1.165) is 173 Å². The smallest absolute Gasteiger partial charge is 0.306 e. The maximum atomic E-state index is 12.3. The van der Waals surface area contributed by atoms with Gasteiger partial charge in [-0.15, -0.1) is 0 Å². The van der Waals surface area contributed by atoms with Crippen molar-refractivity contribution in [2.45, 2.75) is 213 Å². The van der Waals surface area contributed by atoms with Gasteiger partial charge in [0, 0.05) is 12.8 Å². The molecule has 0 fully saturated rings. The first-order valence-electron chi connectivity index (χ1n) is 30.9. The summed E-state index contributed by atoms with van der Waals surface area (Å²) in [6, 6.07) is 0. The molecule has 1 atom stereocenters. The number of allylic oxidation sites excluding steroid dienone is 38. The van der Waals surface area contributed by atoms with Crippen molar-refractivity contribution in [1.82, 2.24) is 0 Å². The highest BCUT2D eigenvalue weighted by molar-refractivity contribution is 5.70. The molecule has 0 amide bonds. The summed E-state index contributed by atoms with van der Waals surface area (Å²) in [4.78, 5) is 24.6. The summed E-state index contributed by atoms with van der Waals surface area (Å²) < 4.78 is 10.7. The average molecular weight is 1090 g/mol. The summed E-state index contributed by atoms with van der Waals surface area (Å²) in [5, 5.41) is 9.67. The molecule has 5 heteroatoms. The van der Waals surface area contributed by atoms with Crippen LogP contribution in [0.1, 0.15) is 206 Å². The first-order valence-corrected chi connectivity index (χ1v) is 30.9. The molecule has 0 aliphatic heterocycles. The standard InChI is InChI=1S/C75H110O5/c1-3-5-7-9-11-13-15-17-19-21-23-25-27-29-31-33-35-37-39-41-43-45-47-49-51-53-55-57-59-61-63-65-67-69-74(77)79-72-73(71-76)80-75(78)70-68-66-64-62-60-58-56-54-52-50-48-46-44-42-40-38-36-34-32-30-28-26-24-22-20-18-16-14-12-10-8-6-4-2/h5-8,11-14,17-20,23-26,29-32,35-38,41-44,47-50,53-56,60,62,73,76H,3-4,9-10,15-16,21-22,27-28,33-34,39-40,45-46,51-52,57-59,61,63-72H2,1-2H3/b7-5-,8-6-,13-11-,14-12-,19-17-,20-18-,25-23-,26-24-,31-29-,32-30-,37-35-,38-36-,43-41-,44-42-,49-47-,50-48-,55-53-,56-54-,62-60-. The fraction of sp³-hybridized carbons (Fsp3) is 0.467. The summed E-state index contributed by atoms with van der Waals surface area (Å²) in [6.07, 6.45) is 112. The Morgan fingerprint density at radius 1 is 0.287 bits per heavy atom. The Bertz CT molecular complexity index is 2010. The second-order valence-electron chi connectivity index (χ2n) is 19.3. The molecule has 0 saturated heterocycles. The number of hydrogen-bond donors (Lipinski definition) is 1. The first-order chi connectivity index (χ1) is 39.6. The molecule has 440 valence electrons. The molecular weight excluding hydrogens is 981 g/mol. The zero-order chi connectivity index (χ0) is 57.6. The normalized spacial score (nSPS) is 13.9. The van der Waals surface area contributed by atoms with E-state index in [2.05, 4.69) is 245 Å². The summed E-state index contributed by atoms with van der Waals surface area (Å²) in [5.74, 6) is -0.686. The number of esters is 2. The lowest BCUT2D eigenvalue weighted by Gasteiger charge is -2.15. The number of rotatable bonds is 53. The van der Waals surface area contributed by atoms with Crippen LogP contribution in [0.3, 0.4) is 0 Å². The van der Waals surface area contributed by atoms with Crippen molar-refractivity contribution in [3.63, 3.8) is 0 Å². The second kappa shape index (κ2) is 67.2. The number of hydrogen-bond acceptors (Lipinski definition) is 5. The molecule has 0 aromatic heterocycles. The summed E-state index contributed by atoms with van der Waals surface area (Å²) in [6.45, 7) is 3.84. The number of ether oxygens (including phenoxy) is 2. The van der Waals surface area contributed by atoms with Crippen molar-refractivity contribution in [3.8, 4) is 0 Å². The molecule has 0 aliphatic carbocycles. The van der Waals surface area contributed by atoms with Gasteiger partial charge in [-0.1, -0.05) is 264 Å². The quantitative estimate of drug-likeness (QED) is 0.0373. The number of aliphatic hydroxyl groups is 1. The molecule has 0 aliphatic rings. The highest BCUT2D eigenvalue weighted by atomic mass is 16.6. The Morgan fingerprint density at radius 2 is 0.500 bits per heavy atom. The van der Waals surface area contributed by atoms with E-state index in [1.54, 1.807) is 0 Å². The van der Waals surface area contributed by atoms with E-state index in [4.69, 9.17) is 9.47 Å². The van der Waals surface area contributed by atoms with E-state index in [1.165, 1.54) is 0 Å². The van der Waals surface area contributed by atoms with Gasteiger partial charge in [-0.3, -0.25) is 9.59 Å². The molecule has 0 heterocycles. The average Bonchev–Trinajstić information content (AvgIpc) is 3.46. The van der Waals surface area contributed by atoms with Crippen molar-refractivity contribution in [1.29, 1.82) is 0 Å². The zero-order valence-electron chi connectivity index (χ0n) is 50.2. The number of unbranched alkanes of at least 4 members (excludes halogenated alkanes) is 7. The van der Waals surface area contributed by atoms with Crippen LogP contribution >= 0.6 is 0 Å². The van der Waals surface area contributed by atoms with Gasteiger partial charge in [0.15, 0.2) is 6.10 Å². The van der Waals surface area contributed by atoms with Crippen LogP contribution in [0, 0.1) is 0 Å². The third-order valence-electron chi connectivity index (χ3n) is 12.0. The van der Waals surface area contributed by atoms with E-state index < -0.39 is 6.10 Å². The molecule has 0 rings (SSSR count). The van der Waals surface area contributed by atoms with Gasteiger partial charge in [-0.2, -0.15) is 0 Å². The Hall–Kier alpha value is -6.04. The minimum absolute atomic E-state index is 0.112. The van der Waals surface area contributed by atoms with E-state index >= 15 is 0 Å². The van der Waals surface area contributed by atoms with Crippen molar-refractivity contribution < 1.29 is 24.2 Å². The maximum Gasteiger partial charge on any atom is 0.306 e. The number of carbonyl (C=O) groups is 2. The van der Waals surface area contributed by atoms with Gasteiger partial charge in [0.05, 0.1) is 6.61 Å². The van der Waals surface area contributed by atoms with Gasteiger partial charge >= 0.3 is 11.9 Å². The zero-order valence-corrected chi connectivity index (χ0v) is 50.2. The van der Waals surface area contributed by atoms with Gasteiger partial charge in [0.25, 0.3) is 0 Å². The molecular formula is C75H110O5. The van der Waals surface area contributed by atoms with Crippen LogP contribution in [0.2, 0.25) is 0 Å². The van der Waals surface area contributed by atoms with Crippen molar-refractivity contribution >= 4 is 11.9 Å². The monoisotopic (exact) mass is 1090 g/mol. The van der Waals surface area contributed by atoms with Crippen molar-refractivity contribution in [2.24, 2.45) is 0 Å². The van der Waals surface area contributed by atoms with Crippen LogP contribution in [0.15, 0.2) is 231 Å². The largest absolute Gasteiger partial charge is 0.462 e. The van der Waals surface area contributed by atoms with Gasteiger partial charge in [-0.05, 0) is 161 Å². The third kappa shape index (κ3) is 64.5. The summed E-state index contributed by atoms with van der Waals surface area (Å²) in [7, 11) is 0. The molecule has 0 radical (unpaired) electrons.